The molecule has 5 nitrogen and oxygen atoms in total. The highest BCUT2D eigenvalue weighted by atomic mass is 16.2. The van der Waals surface area contributed by atoms with E-state index >= 15 is 0 Å². The van der Waals surface area contributed by atoms with Crippen LogP contribution in [-0.2, 0) is 0 Å². The van der Waals surface area contributed by atoms with E-state index in [1.54, 1.807) is 6.33 Å². The van der Waals surface area contributed by atoms with Crippen molar-refractivity contribution < 1.29 is 4.79 Å². The minimum Gasteiger partial charge on any atom is -0.345 e. The van der Waals surface area contributed by atoms with Crippen LogP contribution < -0.4 is 5.73 Å². The van der Waals surface area contributed by atoms with Gasteiger partial charge >= 0.3 is 0 Å². The van der Waals surface area contributed by atoms with Gasteiger partial charge in [-0.1, -0.05) is 0 Å². The number of H-pyrrole nitrogens is 1. The molecule has 1 aromatic carbocycles. The zero-order chi connectivity index (χ0) is 14.1. The summed E-state index contributed by atoms with van der Waals surface area (Å²) in [6.45, 7) is 0. The summed E-state index contributed by atoms with van der Waals surface area (Å²) in [5, 5.41) is 0. The van der Waals surface area contributed by atoms with Gasteiger partial charge in [0, 0.05) is 24.7 Å². The van der Waals surface area contributed by atoms with E-state index in [4.69, 9.17) is 5.73 Å². The molecule has 0 spiro atoms. The smallest absolute Gasteiger partial charge is 0.253 e. The Balaban J connectivity index is 1.77. The van der Waals surface area contributed by atoms with E-state index in [0.717, 1.165) is 36.7 Å². The number of carbonyl (C=O) groups excluding carboxylic acids is 1. The van der Waals surface area contributed by atoms with Crippen molar-refractivity contribution in [1.82, 2.24) is 14.9 Å². The Bertz CT molecular complexity index is 613. The van der Waals surface area contributed by atoms with E-state index in [1.165, 1.54) is 0 Å². The summed E-state index contributed by atoms with van der Waals surface area (Å²) in [6, 6.07) is 6.20. The Morgan fingerprint density at radius 2 is 2.10 bits per heavy atom. The van der Waals surface area contributed by atoms with Gasteiger partial charge in [0.15, 0.2) is 0 Å². The van der Waals surface area contributed by atoms with E-state index in [0.29, 0.717) is 17.6 Å². The van der Waals surface area contributed by atoms with Crippen LogP contribution in [0.1, 0.15) is 36.0 Å². The number of amides is 1. The van der Waals surface area contributed by atoms with Crippen LogP contribution in [0.4, 0.5) is 0 Å². The Kier molecular flexibility index (Phi) is 3.44. The van der Waals surface area contributed by atoms with Crippen molar-refractivity contribution in [2.24, 2.45) is 5.73 Å². The summed E-state index contributed by atoms with van der Waals surface area (Å²) < 4.78 is 0. The van der Waals surface area contributed by atoms with Crippen LogP contribution in [0.5, 0.6) is 0 Å². The maximum absolute atomic E-state index is 12.6. The summed E-state index contributed by atoms with van der Waals surface area (Å²) >= 11 is 0. The SMILES string of the molecule is CN(C(=O)c1ccc2nc[nH]c2c1)C1CCC(N)CC1. The number of nitrogens with two attached hydrogens (primary N) is 1. The van der Waals surface area contributed by atoms with Gasteiger partial charge in [0.1, 0.15) is 0 Å². The van der Waals surface area contributed by atoms with Crippen molar-refractivity contribution in [2.75, 3.05) is 7.05 Å². The molecule has 20 heavy (non-hydrogen) atoms. The van der Waals surface area contributed by atoms with Crippen LogP contribution in [0.25, 0.3) is 11.0 Å². The number of nitrogens with one attached hydrogen (secondary N) is 1. The zero-order valence-corrected chi connectivity index (χ0v) is 11.7. The van der Waals surface area contributed by atoms with E-state index in [9.17, 15) is 4.79 Å². The average Bonchev–Trinajstić information content (AvgIpc) is 2.94. The van der Waals surface area contributed by atoms with Crippen molar-refractivity contribution in [3.8, 4) is 0 Å². The van der Waals surface area contributed by atoms with Gasteiger partial charge in [-0.2, -0.15) is 0 Å². The quantitative estimate of drug-likeness (QED) is 0.876. The predicted molar refractivity (Wildman–Crippen MR) is 78.4 cm³/mol. The van der Waals surface area contributed by atoms with Gasteiger partial charge in [-0.25, -0.2) is 4.98 Å². The number of carbonyl (C=O) groups is 1. The second kappa shape index (κ2) is 5.25. The topological polar surface area (TPSA) is 75.0 Å². The molecule has 1 fully saturated rings. The summed E-state index contributed by atoms with van der Waals surface area (Å²) in [4.78, 5) is 21.6. The van der Waals surface area contributed by atoms with Crippen LogP contribution in [0.15, 0.2) is 24.5 Å². The van der Waals surface area contributed by atoms with Crippen LogP contribution in [0.3, 0.4) is 0 Å². The van der Waals surface area contributed by atoms with Gasteiger partial charge in [-0.15, -0.1) is 0 Å². The fourth-order valence-corrected chi connectivity index (χ4v) is 2.93. The van der Waals surface area contributed by atoms with Crippen LogP contribution in [-0.4, -0.2) is 39.9 Å². The molecule has 1 amide bonds. The third-order valence-corrected chi connectivity index (χ3v) is 4.28. The number of nitrogens with zero attached hydrogens (tertiary/aromatic N) is 2. The molecule has 1 aliphatic carbocycles. The molecule has 1 aromatic heterocycles. The van der Waals surface area contributed by atoms with E-state index in [2.05, 4.69) is 9.97 Å². The maximum Gasteiger partial charge on any atom is 0.253 e. The molecule has 0 aliphatic heterocycles. The van der Waals surface area contributed by atoms with Crippen LogP contribution in [0.2, 0.25) is 0 Å². The molecule has 0 saturated heterocycles. The highest BCUT2D eigenvalue weighted by Crippen LogP contribution is 2.23. The van der Waals surface area contributed by atoms with Crippen molar-refractivity contribution in [3.05, 3.63) is 30.1 Å². The number of hydrogen-bond donors (Lipinski definition) is 2. The average molecular weight is 272 g/mol. The third kappa shape index (κ3) is 2.41. The Labute approximate surface area is 118 Å². The minimum atomic E-state index is 0.0713. The molecule has 0 unspecified atom stereocenters. The fourth-order valence-electron chi connectivity index (χ4n) is 2.93. The minimum absolute atomic E-state index is 0.0713. The van der Waals surface area contributed by atoms with Gasteiger partial charge in [0.2, 0.25) is 0 Å². The first-order valence-corrected chi connectivity index (χ1v) is 7.11. The fraction of sp³-hybridized carbons (Fsp3) is 0.467. The van der Waals surface area contributed by atoms with Crippen molar-refractivity contribution in [2.45, 2.75) is 37.8 Å². The van der Waals surface area contributed by atoms with Crippen molar-refractivity contribution in [1.29, 1.82) is 0 Å². The summed E-state index contributed by atoms with van der Waals surface area (Å²) in [5.74, 6) is 0.0713. The van der Waals surface area contributed by atoms with Crippen LogP contribution >= 0.6 is 0 Å². The van der Waals surface area contributed by atoms with E-state index in [-0.39, 0.29) is 5.91 Å². The standard InChI is InChI=1S/C15H20N4O/c1-19(12-5-3-11(16)4-6-12)15(20)10-2-7-13-14(8-10)18-9-17-13/h2,7-9,11-12H,3-6,16H2,1H3,(H,17,18). The van der Waals surface area contributed by atoms with Gasteiger partial charge in [0.05, 0.1) is 17.4 Å². The lowest BCUT2D eigenvalue weighted by atomic mass is 9.90. The first kappa shape index (κ1) is 13.1. The summed E-state index contributed by atoms with van der Waals surface area (Å²) in [5.41, 5.74) is 8.41. The normalized spacial score (nSPS) is 22.9. The van der Waals surface area contributed by atoms with E-state index < -0.39 is 0 Å². The molecule has 1 aliphatic rings. The maximum atomic E-state index is 12.6. The first-order chi connectivity index (χ1) is 9.65. The molecular formula is C15H20N4O. The van der Waals surface area contributed by atoms with Crippen molar-refractivity contribution >= 4 is 16.9 Å². The molecular weight excluding hydrogens is 252 g/mol. The molecule has 3 rings (SSSR count). The molecule has 2 aromatic rings. The number of fused-ring (bicyclic) bond motifs is 1. The second-order valence-electron chi connectivity index (χ2n) is 5.62. The lowest BCUT2D eigenvalue weighted by molar-refractivity contribution is 0.0690. The van der Waals surface area contributed by atoms with Gasteiger partial charge in [-0.05, 0) is 43.9 Å². The highest BCUT2D eigenvalue weighted by Gasteiger charge is 2.25. The Morgan fingerprint density at radius 3 is 2.85 bits per heavy atom. The first-order valence-electron chi connectivity index (χ1n) is 7.11. The molecule has 106 valence electrons. The Hall–Kier alpha value is -1.88. The summed E-state index contributed by atoms with van der Waals surface area (Å²) in [6.07, 6.45) is 5.64. The monoisotopic (exact) mass is 272 g/mol. The highest BCUT2D eigenvalue weighted by molar-refractivity contribution is 5.97. The number of aromatic amines is 1. The Morgan fingerprint density at radius 1 is 1.35 bits per heavy atom. The van der Waals surface area contributed by atoms with Gasteiger partial charge < -0.3 is 15.6 Å². The molecule has 0 atom stereocenters. The summed E-state index contributed by atoms with van der Waals surface area (Å²) in [7, 11) is 1.89. The van der Waals surface area contributed by atoms with E-state index in [1.807, 2.05) is 30.1 Å². The van der Waals surface area contributed by atoms with Crippen LogP contribution in [0, 0.1) is 0 Å². The van der Waals surface area contributed by atoms with Gasteiger partial charge in [0.25, 0.3) is 5.91 Å². The molecule has 1 heterocycles. The predicted octanol–water partition coefficient (Wildman–Crippen LogP) is 1.90. The number of hydrogen-bond acceptors (Lipinski definition) is 3. The lowest BCUT2D eigenvalue weighted by Gasteiger charge is -2.33. The number of imidazole rings is 1. The lowest BCUT2D eigenvalue weighted by Crippen LogP contribution is -2.41. The second-order valence-corrected chi connectivity index (χ2v) is 5.62. The molecule has 5 heteroatoms. The van der Waals surface area contributed by atoms with Gasteiger partial charge in [-0.3, -0.25) is 4.79 Å². The van der Waals surface area contributed by atoms with Crippen molar-refractivity contribution in [3.63, 3.8) is 0 Å². The zero-order valence-electron chi connectivity index (χ0n) is 11.7. The number of benzene rings is 1. The number of aromatic nitrogens is 2. The largest absolute Gasteiger partial charge is 0.345 e. The third-order valence-electron chi connectivity index (χ3n) is 4.28. The molecule has 1 saturated carbocycles. The molecule has 0 radical (unpaired) electrons. The molecule has 0 bridgehead atoms. The number of rotatable bonds is 2. The molecule has 3 N–H and O–H groups in total.